The van der Waals surface area contributed by atoms with Crippen LogP contribution in [0.3, 0.4) is 0 Å². The molecule has 0 spiro atoms. The van der Waals surface area contributed by atoms with Crippen molar-refractivity contribution in [3.8, 4) is 6.07 Å². The second-order valence-corrected chi connectivity index (χ2v) is 6.61. The van der Waals surface area contributed by atoms with Gasteiger partial charge in [0, 0.05) is 12.8 Å². The average Bonchev–Trinajstić information content (AvgIpc) is 3.09. The van der Waals surface area contributed by atoms with Crippen molar-refractivity contribution in [2.24, 2.45) is 5.92 Å². The fourth-order valence-electron chi connectivity index (χ4n) is 3.29. The van der Waals surface area contributed by atoms with Crippen LogP contribution in [0.25, 0.3) is 0 Å². The fourth-order valence-corrected chi connectivity index (χ4v) is 3.29. The first-order valence-electron chi connectivity index (χ1n) is 8.73. The Bertz CT molecular complexity index is 854. The monoisotopic (exact) mass is 376 g/mol. The summed E-state index contributed by atoms with van der Waals surface area (Å²) in [7, 11) is 0. The van der Waals surface area contributed by atoms with Crippen LogP contribution in [0, 0.1) is 17.2 Å². The first-order chi connectivity index (χ1) is 12.8. The van der Waals surface area contributed by atoms with Gasteiger partial charge in [0.05, 0.1) is 29.8 Å². The number of ketones is 1. The number of fused-ring (bicyclic) bond motifs is 1. The molecule has 1 unspecified atom stereocenters. The summed E-state index contributed by atoms with van der Waals surface area (Å²) in [4.78, 5) is 12.6. The number of hydrogen-bond donors (Lipinski definition) is 1. The lowest BCUT2D eigenvalue weighted by atomic mass is 9.95. The minimum absolute atomic E-state index is 0.0416. The van der Waals surface area contributed by atoms with Gasteiger partial charge in [-0.1, -0.05) is 37.3 Å². The smallest absolute Gasteiger partial charge is 0.363 e. The van der Waals surface area contributed by atoms with E-state index in [4.69, 9.17) is 5.26 Å². The standard InChI is InChI=1S/C19H19F3N4O/c1-2-12(10-23)8-16(27)14-11-24-26-17(19(20,21)22)9-15(25-18(14)26)13-6-4-3-5-7-13/h3-7,11-12,15,17,25H,2,8-9H2,1H3/t12?,15-,17+/m0/s1. The summed E-state index contributed by atoms with van der Waals surface area (Å²) in [5, 5.41) is 16.0. The molecule has 1 N–H and O–H groups in total. The number of nitrogens with zero attached hydrogens (tertiary/aromatic N) is 3. The molecule has 0 bridgehead atoms. The van der Waals surface area contributed by atoms with Crippen LogP contribution in [-0.4, -0.2) is 21.7 Å². The lowest BCUT2D eigenvalue weighted by molar-refractivity contribution is -0.173. The van der Waals surface area contributed by atoms with E-state index in [-0.39, 0.29) is 30.0 Å². The third-order valence-corrected chi connectivity index (χ3v) is 4.85. The number of carbonyl (C=O) groups is 1. The molecule has 0 aliphatic carbocycles. The van der Waals surface area contributed by atoms with Gasteiger partial charge in [-0.3, -0.25) is 4.79 Å². The highest BCUT2D eigenvalue weighted by Gasteiger charge is 2.47. The van der Waals surface area contributed by atoms with Gasteiger partial charge in [0.2, 0.25) is 0 Å². The zero-order chi connectivity index (χ0) is 19.6. The first-order valence-corrected chi connectivity index (χ1v) is 8.73. The molecule has 0 radical (unpaired) electrons. The molecule has 27 heavy (non-hydrogen) atoms. The van der Waals surface area contributed by atoms with Crippen molar-refractivity contribution in [3.63, 3.8) is 0 Å². The van der Waals surface area contributed by atoms with Crippen LogP contribution in [0.2, 0.25) is 0 Å². The number of anilines is 1. The Morgan fingerprint density at radius 2 is 2.11 bits per heavy atom. The molecule has 2 aromatic rings. The molecule has 0 saturated heterocycles. The van der Waals surface area contributed by atoms with Crippen LogP contribution in [0.1, 0.15) is 54.2 Å². The van der Waals surface area contributed by atoms with Crippen LogP contribution in [0.4, 0.5) is 19.0 Å². The van der Waals surface area contributed by atoms with Gasteiger partial charge in [-0.05, 0) is 12.0 Å². The SMILES string of the molecule is CCC(C#N)CC(=O)c1cnn2c1N[C@H](c1ccccc1)C[C@@H]2C(F)(F)F. The molecular weight excluding hydrogens is 357 g/mol. The summed E-state index contributed by atoms with van der Waals surface area (Å²) in [6.45, 7) is 1.79. The molecule has 1 aliphatic rings. The van der Waals surface area contributed by atoms with Crippen molar-refractivity contribution in [1.82, 2.24) is 9.78 Å². The Hall–Kier alpha value is -2.82. The molecular formula is C19H19F3N4O. The Kier molecular flexibility index (Phi) is 5.22. The quantitative estimate of drug-likeness (QED) is 0.770. The molecule has 1 aliphatic heterocycles. The van der Waals surface area contributed by atoms with Crippen molar-refractivity contribution in [2.75, 3.05) is 5.32 Å². The average molecular weight is 376 g/mol. The van der Waals surface area contributed by atoms with Gasteiger partial charge >= 0.3 is 6.18 Å². The molecule has 0 amide bonds. The lowest BCUT2D eigenvalue weighted by Crippen LogP contribution is -2.36. The number of benzene rings is 1. The highest BCUT2D eigenvalue weighted by Crippen LogP contribution is 2.44. The largest absolute Gasteiger partial charge is 0.410 e. The number of alkyl halides is 3. The number of Topliss-reactive ketones (excluding diaryl/α,β-unsaturated/α-hetero) is 1. The predicted molar refractivity (Wildman–Crippen MR) is 93.1 cm³/mol. The molecule has 5 nitrogen and oxygen atoms in total. The summed E-state index contributed by atoms with van der Waals surface area (Å²) in [6.07, 6.45) is -3.08. The number of rotatable bonds is 5. The van der Waals surface area contributed by atoms with E-state index in [1.165, 1.54) is 6.20 Å². The minimum Gasteiger partial charge on any atom is -0.363 e. The zero-order valence-electron chi connectivity index (χ0n) is 14.7. The molecule has 8 heteroatoms. The van der Waals surface area contributed by atoms with E-state index >= 15 is 0 Å². The van der Waals surface area contributed by atoms with E-state index in [9.17, 15) is 18.0 Å². The number of nitriles is 1. The van der Waals surface area contributed by atoms with Gasteiger partial charge < -0.3 is 5.32 Å². The topological polar surface area (TPSA) is 70.7 Å². The van der Waals surface area contributed by atoms with Gasteiger partial charge in [-0.2, -0.15) is 23.5 Å². The van der Waals surface area contributed by atoms with Gasteiger partial charge in [-0.25, -0.2) is 4.68 Å². The van der Waals surface area contributed by atoms with E-state index in [0.717, 1.165) is 4.68 Å². The Morgan fingerprint density at radius 1 is 1.41 bits per heavy atom. The maximum absolute atomic E-state index is 13.6. The molecule has 3 rings (SSSR count). The maximum atomic E-state index is 13.6. The van der Waals surface area contributed by atoms with Crippen LogP contribution in [-0.2, 0) is 0 Å². The third-order valence-electron chi connectivity index (χ3n) is 4.85. The number of hydrogen-bond acceptors (Lipinski definition) is 4. The zero-order valence-corrected chi connectivity index (χ0v) is 14.7. The second kappa shape index (κ2) is 7.43. The first kappa shape index (κ1) is 19.0. The number of nitrogens with one attached hydrogen (secondary N) is 1. The van der Waals surface area contributed by atoms with Crippen molar-refractivity contribution < 1.29 is 18.0 Å². The van der Waals surface area contributed by atoms with Crippen LogP contribution in [0.5, 0.6) is 0 Å². The molecule has 1 aromatic heterocycles. The highest BCUT2D eigenvalue weighted by atomic mass is 19.4. The molecule has 2 heterocycles. The predicted octanol–water partition coefficient (Wildman–Crippen LogP) is 4.67. The van der Waals surface area contributed by atoms with Crippen molar-refractivity contribution in [3.05, 3.63) is 47.7 Å². The van der Waals surface area contributed by atoms with Crippen LogP contribution >= 0.6 is 0 Å². The summed E-state index contributed by atoms with van der Waals surface area (Å²) >= 11 is 0. The summed E-state index contributed by atoms with van der Waals surface area (Å²) in [5.41, 5.74) is 0.805. The van der Waals surface area contributed by atoms with Crippen molar-refractivity contribution >= 4 is 11.6 Å². The van der Waals surface area contributed by atoms with Crippen LogP contribution < -0.4 is 5.32 Å². The Morgan fingerprint density at radius 3 is 2.70 bits per heavy atom. The van der Waals surface area contributed by atoms with Crippen molar-refractivity contribution in [2.45, 2.75) is 44.4 Å². The maximum Gasteiger partial charge on any atom is 0.410 e. The van der Waals surface area contributed by atoms with Gasteiger partial charge in [0.1, 0.15) is 5.82 Å². The van der Waals surface area contributed by atoms with E-state index < -0.39 is 24.2 Å². The van der Waals surface area contributed by atoms with Crippen molar-refractivity contribution in [1.29, 1.82) is 5.26 Å². The second-order valence-electron chi connectivity index (χ2n) is 6.61. The van der Waals surface area contributed by atoms with Gasteiger partial charge in [0.15, 0.2) is 11.8 Å². The number of carbonyl (C=O) groups excluding carboxylic acids is 1. The normalized spacial score (nSPS) is 20.3. The molecule has 0 fully saturated rings. The summed E-state index contributed by atoms with van der Waals surface area (Å²) < 4.78 is 41.7. The number of halogens is 3. The molecule has 1 aromatic carbocycles. The Labute approximate surface area is 154 Å². The van der Waals surface area contributed by atoms with Gasteiger partial charge in [-0.15, -0.1) is 0 Å². The van der Waals surface area contributed by atoms with E-state index in [1.807, 2.05) is 6.07 Å². The molecule has 3 atom stereocenters. The summed E-state index contributed by atoms with van der Waals surface area (Å²) in [6, 6.07) is 8.45. The number of aromatic nitrogens is 2. The fraction of sp³-hybridized carbons (Fsp3) is 0.421. The van der Waals surface area contributed by atoms with E-state index in [0.29, 0.717) is 12.0 Å². The van der Waals surface area contributed by atoms with E-state index in [2.05, 4.69) is 10.4 Å². The van der Waals surface area contributed by atoms with Gasteiger partial charge in [0.25, 0.3) is 0 Å². The third kappa shape index (κ3) is 3.82. The highest BCUT2D eigenvalue weighted by molar-refractivity contribution is 6.00. The Balaban J connectivity index is 1.98. The lowest BCUT2D eigenvalue weighted by Gasteiger charge is -2.34. The van der Waals surface area contributed by atoms with Crippen LogP contribution in [0.15, 0.2) is 36.5 Å². The molecule has 142 valence electrons. The minimum atomic E-state index is -4.49. The van der Waals surface area contributed by atoms with E-state index in [1.54, 1.807) is 37.3 Å². The summed E-state index contributed by atoms with van der Waals surface area (Å²) in [5.74, 6) is -0.790. The molecule has 0 saturated carbocycles.